The molecule has 1 aliphatic heterocycles. The van der Waals surface area contributed by atoms with E-state index in [0.717, 1.165) is 19.3 Å². The molecule has 2 fully saturated rings. The average Bonchev–Trinajstić information content (AvgIpc) is 3.17. The smallest absolute Gasteiger partial charge is 0.317 e. The molecule has 1 aliphatic carbocycles. The second-order valence-electron chi connectivity index (χ2n) is 6.76. The number of rotatable bonds is 4. The molecule has 3 amide bonds. The van der Waals surface area contributed by atoms with Crippen molar-refractivity contribution in [2.45, 2.75) is 32.1 Å². The van der Waals surface area contributed by atoms with E-state index in [2.05, 4.69) is 17.4 Å². The van der Waals surface area contributed by atoms with Gasteiger partial charge in [0.2, 0.25) is 5.91 Å². The predicted octanol–water partition coefficient (Wildman–Crippen LogP) is 2.27. The van der Waals surface area contributed by atoms with Gasteiger partial charge < -0.3 is 15.1 Å². The molecule has 0 atom stereocenters. The Balaban J connectivity index is 1.38. The molecule has 24 heavy (non-hydrogen) atoms. The summed E-state index contributed by atoms with van der Waals surface area (Å²) in [5.74, 6) is 0.535. The average molecular weight is 329 g/mol. The summed E-state index contributed by atoms with van der Waals surface area (Å²) in [4.78, 5) is 28.4. The molecule has 0 spiro atoms. The van der Waals surface area contributed by atoms with Crippen LogP contribution in [0.2, 0.25) is 0 Å². The number of amides is 3. The van der Waals surface area contributed by atoms with Gasteiger partial charge in [0.15, 0.2) is 0 Å². The largest absolute Gasteiger partial charge is 0.339 e. The third kappa shape index (κ3) is 4.28. The Morgan fingerprint density at radius 2 is 1.58 bits per heavy atom. The van der Waals surface area contributed by atoms with Crippen molar-refractivity contribution in [2.75, 3.05) is 32.7 Å². The van der Waals surface area contributed by atoms with Crippen LogP contribution in [0.1, 0.15) is 31.2 Å². The Morgan fingerprint density at radius 1 is 0.958 bits per heavy atom. The van der Waals surface area contributed by atoms with Gasteiger partial charge >= 0.3 is 6.03 Å². The molecule has 5 nitrogen and oxygen atoms in total. The van der Waals surface area contributed by atoms with Gasteiger partial charge in [0.05, 0.1) is 0 Å². The van der Waals surface area contributed by atoms with E-state index in [1.807, 2.05) is 28.0 Å². The van der Waals surface area contributed by atoms with Crippen LogP contribution in [0.5, 0.6) is 0 Å². The van der Waals surface area contributed by atoms with Gasteiger partial charge in [0.25, 0.3) is 0 Å². The Bertz CT molecular complexity index is 547. The van der Waals surface area contributed by atoms with E-state index in [9.17, 15) is 9.59 Å². The molecule has 1 saturated heterocycles. The van der Waals surface area contributed by atoms with Crippen LogP contribution in [0.3, 0.4) is 0 Å². The molecule has 3 rings (SSSR count). The summed E-state index contributed by atoms with van der Waals surface area (Å²) in [5.41, 5.74) is 1.23. The summed E-state index contributed by atoms with van der Waals surface area (Å²) in [6, 6.07) is 10.1. The van der Waals surface area contributed by atoms with Crippen LogP contribution < -0.4 is 5.32 Å². The van der Waals surface area contributed by atoms with E-state index in [0.29, 0.717) is 38.6 Å². The van der Waals surface area contributed by atoms with Crippen LogP contribution >= 0.6 is 0 Å². The first-order valence-corrected chi connectivity index (χ1v) is 9.09. The monoisotopic (exact) mass is 329 g/mol. The van der Waals surface area contributed by atoms with Gasteiger partial charge in [-0.2, -0.15) is 0 Å². The van der Waals surface area contributed by atoms with E-state index in [1.54, 1.807) is 0 Å². The maximum atomic E-state index is 12.4. The number of nitrogens with one attached hydrogen (secondary N) is 1. The molecule has 0 unspecified atom stereocenters. The zero-order chi connectivity index (χ0) is 16.8. The number of carbonyl (C=O) groups is 2. The second kappa shape index (κ2) is 8.18. The number of nitrogens with zero attached hydrogens (tertiary/aromatic N) is 2. The van der Waals surface area contributed by atoms with Crippen molar-refractivity contribution < 1.29 is 9.59 Å². The number of hydrogen-bond donors (Lipinski definition) is 1. The molecule has 2 aliphatic rings. The van der Waals surface area contributed by atoms with Gasteiger partial charge in [-0.3, -0.25) is 4.79 Å². The SMILES string of the molecule is O=C(NCCc1ccccc1)N1CCN(C(=O)C2CCCC2)CC1. The molecule has 1 aromatic rings. The topological polar surface area (TPSA) is 52.7 Å². The first kappa shape index (κ1) is 16.8. The quantitative estimate of drug-likeness (QED) is 0.921. The fourth-order valence-electron chi connectivity index (χ4n) is 3.63. The molecule has 0 radical (unpaired) electrons. The Labute approximate surface area is 144 Å². The molecule has 1 heterocycles. The summed E-state index contributed by atoms with van der Waals surface area (Å²) in [5, 5.41) is 2.98. The van der Waals surface area contributed by atoms with Crippen LogP contribution in [0, 0.1) is 5.92 Å². The number of benzene rings is 1. The predicted molar refractivity (Wildman–Crippen MR) is 93.7 cm³/mol. The van der Waals surface area contributed by atoms with E-state index in [1.165, 1.54) is 18.4 Å². The zero-order valence-corrected chi connectivity index (χ0v) is 14.2. The molecule has 5 heteroatoms. The lowest BCUT2D eigenvalue weighted by atomic mass is 10.1. The first-order valence-electron chi connectivity index (χ1n) is 9.09. The third-order valence-electron chi connectivity index (χ3n) is 5.12. The molecule has 1 N–H and O–H groups in total. The van der Waals surface area contributed by atoms with Gasteiger partial charge in [-0.05, 0) is 24.8 Å². The second-order valence-corrected chi connectivity index (χ2v) is 6.76. The van der Waals surface area contributed by atoms with Gasteiger partial charge in [-0.15, -0.1) is 0 Å². The van der Waals surface area contributed by atoms with Crippen molar-refractivity contribution in [3.8, 4) is 0 Å². The Morgan fingerprint density at radius 3 is 2.25 bits per heavy atom. The highest BCUT2D eigenvalue weighted by atomic mass is 16.2. The van der Waals surface area contributed by atoms with Crippen molar-refractivity contribution in [3.05, 3.63) is 35.9 Å². The van der Waals surface area contributed by atoms with Gasteiger partial charge in [0, 0.05) is 38.6 Å². The van der Waals surface area contributed by atoms with Gasteiger partial charge in [-0.1, -0.05) is 43.2 Å². The Hall–Kier alpha value is -2.04. The maximum Gasteiger partial charge on any atom is 0.317 e. The maximum absolute atomic E-state index is 12.4. The summed E-state index contributed by atoms with van der Waals surface area (Å²) in [6.07, 6.45) is 5.28. The fourth-order valence-corrected chi connectivity index (χ4v) is 3.63. The minimum Gasteiger partial charge on any atom is -0.339 e. The fraction of sp³-hybridized carbons (Fsp3) is 0.579. The van der Waals surface area contributed by atoms with E-state index < -0.39 is 0 Å². The van der Waals surface area contributed by atoms with Crippen molar-refractivity contribution >= 4 is 11.9 Å². The standard InChI is InChI=1S/C19H27N3O2/c23-18(17-8-4-5-9-17)21-12-14-22(15-13-21)19(24)20-11-10-16-6-2-1-3-7-16/h1-3,6-7,17H,4-5,8-15H2,(H,20,24). The molecule has 0 aromatic heterocycles. The molecular weight excluding hydrogens is 302 g/mol. The van der Waals surface area contributed by atoms with Gasteiger partial charge in [-0.25, -0.2) is 4.79 Å². The van der Waals surface area contributed by atoms with Crippen molar-refractivity contribution in [2.24, 2.45) is 5.92 Å². The van der Waals surface area contributed by atoms with Crippen LogP contribution in [0.4, 0.5) is 4.79 Å². The third-order valence-corrected chi connectivity index (χ3v) is 5.12. The Kier molecular flexibility index (Phi) is 5.72. The first-order chi connectivity index (χ1) is 11.7. The lowest BCUT2D eigenvalue weighted by Gasteiger charge is -2.36. The van der Waals surface area contributed by atoms with E-state index in [4.69, 9.17) is 0 Å². The minimum absolute atomic E-state index is 0.0149. The van der Waals surface area contributed by atoms with Crippen LogP contribution in [-0.2, 0) is 11.2 Å². The lowest BCUT2D eigenvalue weighted by Crippen LogP contribution is -2.54. The summed E-state index contributed by atoms with van der Waals surface area (Å²) in [7, 11) is 0. The number of hydrogen-bond acceptors (Lipinski definition) is 2. The van der Waals surface area contributed by atoms with Crippen molar-refractivity contribution in [3.63, 3.8) is 0 Å². The van der Waals surface area contributed by atoms with Crippen LogP contribution in [0.15, 0.2) is 30.3 Å². The molecular formula is C19H27N3O2. The van der Waals surface area contributed by atoms with Crippen LogP contribution in [-0.4, -0.2) is 54.5 Å². The minimum atomic E-state index is -0.0149. The van der Waals surface area contributed by atoms with Gasteiger partial charge in [0.1, 0.15) is 0 Å². The molecule has 130 valence electrons. The number of carbonyl (C=O) groups excluding carboxylic acids is 2. The number of urea groups is 1. The van der Waals surface area contributed by atoms with Crippen molar-refractivity contribution in [1.82, 2.24) is 15.1 Å². The van der Waals surface area contributed by atoms with Crippen molar-refractivity contribution in [1.29, 1.82) is 0 Å². The highest BCUT2D eigenvalue weighted by molar-refractivity contribution is 5.80. The number of piperazine rings is 1. The molecule has 0 bridgehead atoms. The lowest BCUT2D eigenvalue weighted by molar-refractivity contribution is -0.136. The summed E-state index contributed by atoms with van der Waals surface area (Å²) >= 11 is 0. The highest BCUT2D eigenvalue weighted by Crippen LogP contribution is 2.26. The molecule has 1 saturated carbocycles. The zero-order valence-electron chi connectivity index (χ0n) is 14.2. The van der Waals surface area contributed by atoms with E-state index >= 15 is 0 Å². The molecule has 1 aromatic carbocycles. The normalized spacial score (nSPS) is 18.7. The summed E-state index contributed by atoms with van der Waals surface area (Å²) in [6.45, 7) is 3.25. The van der Waals surface area contributed by atoms with Crippen LogP contribution in [0.25, 0.3) is 0 Å². The summed E-state index contributed by atoms with van der Waals surface area (Å²) < 4.78 is 0. The highest BCUT2D eigenvalue weighted by Gasteiger charge is 2.30. The van der Waals surface area contributed by atoms with E-state index in [-0.39, 0.29) is 11.9 Å².